The zero-order chi connectivity index (χ0) is 40.0. The average molecular weight is 812 g/mol. The molecule has 308 valence electrons. The van der Waals surface area contributed by atoms with Crippen LogP contribution in [0, 0.1) is 27.4 Å². The molecule has 5 aliphatic rings. The van der Waals surface area contributed by atoms with Crippen LogP contribution in [0.3, 0.4) is 0 Å². The monoisotopic (exact) mass is 811 g/mol. The Morgan fingerprint density at radius 1 is 0.931 bits per heavy atom. The van der Waals surface area contributed by atoms with Crippen LogP contribution >= 0.6 is 0 Å². The molecule has 58 heavy (non-hydrogen) atoms. The van der Waals surface area contributed by atoms with E-state index in [0.717, 1.165) is 81.0 Å². The predicted molar refractivity (Wildman–Crippen MR) is 221 cm³/mol. The number of anilines is 2. The Kier molecular flexibility index (Phi) is 10.5. The second-order valence-electron chi connectivity index (χ2n) is 17.5. The Morgan fingerprint density at radius 3 is 2.36 bits per heavy atom. The van der Waals surface area contributed by atoms with Crippen LogP contribution in [0.1, 0.15) is 81.5 Å². The smallest absolute Gasteiger partial charge is 0.312 e. The third-order valence-electron chi connectivity index (χ3n) is 13.5. The number of ether oxygens (including phenoxy) is 1. The molecule has 0 radical (unpaired) electrons. The van der Waals surface area contributed by atoms with E-state index in [-0.39, 0.29) is 17.1 Å². The summed E-state index contributed by atoms with van der Waals surface area (Å²) < 4.78 is 35.7. The highest BCUT2D eigenvalue weighted by Crippen LogP contribution is 2.52. The van der Waals surface area contributed by atoms with Crippen LogP contribution in [0.4, 0.5) is 17.2 Å². The molecule has 4 aromatic rings. The Hall–Kier alpha value is -4.80. The molecule has 3 aromatic heterocycles. The van der Waals surface area contributed by atoms with Gasteiger partial charge in [0.1, 0.15) is 22.0 Å². The molecule has 3 aliphatic carbocycles. The van der Waals surface area contributed by atoms with Gasteiger partial charge in [-0.1, -0.05) is 19.8 Å². The number of hydrogen-bond donors (Lipinski definition) is 3. The summed E-state index contributed by atoms with van der Waals surface area (Å²) in [6, 6.07) is 11.3. The number of amides is 1. The Balaban J connectivity index is 0.891. The van der Waals surface area contributed by atoms with E-state index >= 15 is 0 Å². The molecule has 9 rings (SSSR count). The lowest BCUT2D eigenvalue weighted by Gasteiger charge is -2.56. The first kappa shape index (κ1) is 38.7. The van der Waals surface area contributed by atoms with Gasteiger partial charge in [0.25, 0.3) is 15.9 Å². The molecule has 5 heterocycles. The van der Waals surface area contributed by atoms with Crippen molar-refractivity contribution in [1.82, 2.24) is 29.5 Å². The van der Waals surface area contributed by atoms with Crippen molar-refractivity contribution in [2.75, 3.05) is 56.0 Å². The summed E-state index contributed by atoms with van der Waals surface area (Å²) in [4.78, 5) is 44.1. The number of aromatic nitrogens is 3. The minimum atomic E-state index is -4.57. The summed E-state index contributed by atoms with van der Waals surface area (Å²) in [7, 11) is -4.57. The highest BCUT2D eigenvalue weighted by Gasteiger charge is 2.48. The second kappa shape index (κ2) is 15.8. The lowest BCUT2D eigenvalue weighted by Crippen LogP contribution is -2.59. The number of carbonyl (C=O) groups is 1. The van der Waals surface area contributed by atoms with Crippen LogP contribution in [0.15, 0.2) is 59.9 Å². The lowest BCUT2D eigenvalue weighted by atomic mass is 9.60. The lowest BCUT2D eigenvalue weighted by molar-refractivity contribution is -0.384. The first-order valence-electron chi connectivity index (χ1n) is 20.9. The molecule has 1 spiro atoms. The van der Waals surface area contributed by atoms with Crippen molar-refractivity contribution < 1.29 is 22.9 Å². The maximum absolute atomic E-state index is 13.9. The molecule has 15 nitrogen and oxygen atoms in total. The van der Waals surface area contributed by atoms with Crippen molar-refractivity contribution in [3.05, 3.63) is 70.7 Å². The Labute approximate surface area is 339 Å². The van der Waals surface area contributed by atoms with Crippen molar-refractivity contribution in [3.63, 3.8) is 0 Å². The number of piperidine rings is 1. The molecular formula is C42H53N9O6S. The van der Waals surface area contributed by atoms with E-state index in [9.17, 15) is 23.3 Å². The van der Waals surface area contributed by atoms with Gasteiger partial charge in [-0.15, -0.1) is 0 Å². The summed E-state index contributed by atoms with van der Waals surface area (Å²) >= 11 is 0. The summed E-state index contributed by atoms with van der Waals surface area (Å²) in [6.07, 6.45) is 16.0. The van der Waals surface area contributed by atoms with Crippen LogP contribution in [0.5, 0.6) is 11.5 Å². The van der Waals surface area contributed by atoms with Gasteiger partial charge < -0.3 is 19.9 Å². The number of aromatic amines is 1. The molecule has 0 unspecified atom stereocenters. The fourth-order valence-electron chi connectivity index (χ4n) is 9.70. The number of carbonyl (C=O) groups excluding carboxylic acids is 1. The SMILES string of the molecule is C[C@H]1CC[C@@H](CNc2ncc(S(=O)(=O)NC(=O)c3ccc(N4CCC5(CC4)CC(N4CCN(C6CC6)CC4)C5)cc3Oc3cnc4[nH]ccc4c3)cc2[N+](=O)[O-])CC1. The van der Waals surface area contributed by atoms with Crippen molar-refractivity contribution in [2.24, 2.45) is 17.3 Å². The highest BCUT2D eigenvalue weighted by molar-refractivity contribution is 7.90. The predicted octanol–water partition coefficient (Wildman–Crippen LogP) is 6.54. The van der Waals surface area contributed by atoms with Crippen LogP contribution in [-0.4, -0.2) is 102 Å². The standard InChI is InChI=1S/C42H53N9O6S/c1-28-2-4-29(5-3-28)25-44-40-37(51(53)54)22-35(27-46-40)58(55,56)47-41(52)36-9-8-32(21-38(36)57-34-20-30-10-13-43-39(30)45-26-34)48-14-11-42(12-15-48)23-33(24-42)50-18-16-49(17-19-50)31-6-7-31/h8-10,13,20-22,26-29,31,33H,2-7,11-12,14-19,23-25H2,1H3,(H,43,45)(H,44,46)(H,47,52)/t28-,29+. The average Bonchev–Trinajstić information content (AvgIpc) is 3.96. The minimum absolute atomic E-state index is 0.00358. The number of H-pyrrole nitrogens is 1. The van der Waals surface area contributed by atoms with Gasteiger partial charge in [-0.05, 0) is 92.9 Å². The van der Waals surface area contributed by atoms with E-state index in [1.807, 2.05) is 12.1 Å². The molecule has 5 fully saturated rings. The maximum atomic E-state index is 13.9. The van der Waals surface area contributed by atoms with Crippen molar-refractivity contribution in [3.8, 4) is 11.5 Å². The van der Waals surface area contributed by atoms with Gasteiger partial charge in [0.2, 0.25) is 5.82 Å². The molecule has 0 bridgehead atoms. The van der Waals surface area contributed by atoms with Crippen LogP contribution < -0.4 is 19.7 Å². The van der Waals surface area contributed by atoms with E-state index in [2.05, 4.69) is 46.6 Å². The van der Waals surface area contributed by atoms with E-state index in [1.54, 1.807) is 30.6 Å². The number of fused-ring (bicyclic) bond motifs is 1. The molecule has 3 saturated carbocycles. The zero-order valence-electron chi connectivity index (χ0n) is 33.1. The Bertz CT molecular complexity index is 2270. The van der Waals surface area contributed by atoms with Gasteiger partial charge in [-0.25, -0.2) is 23.1 Å². The van der Waals surface area contributed by atoms with Gasteiger partial charge in [0.15, 0.2) is 0 Å². The van der Waals surface area contributed by atoms with E-state index in [0.29, 0.717) is 41.2 Å². The maximum Gasteiger partial charge on any atom is 0.312 e. The number of hydrogen-bond acceptors (Lipinski definition) is 12. The molecule has 1 aromatic carbocycles. The third kappa shape index (κ3) is 8.23. The number of piperazine rings is 1. The van der Waals surface area contributed by atoms with E-state index in [4.69, 9.17) is 4.74 Å². The largest absolute Gasteiger partial charge is 0.455 e. The van der Waals surface area contributed by atoms with Gasteiger partial charge in [0.05, 0.1) is 22.9 Å². The van der Waals surface area contributed by atoms with Crippen molar-refractivity contribution >= 4 is 44.2 Å². The van der Waals surface area contributed by atoms with Crippen LogP contribution in [-0.2, 0) is 10.0 Å². The topological polar surface area (TPSA) is 179 Å². The summed E-state index contributed by atoms with van der Waals surface area (Å²) in [5, 5.41) is 15.9. The number of benzene rings is 1. The number of nitro groups is 1. The van der Waals surface area contributed by atoms with Gasteiger partial charge in [0, 0.05) is 87.3 Å². The number of nitrogens with zero attached hydrogens (tertiary/aromatic N) is 6. The molecule has 16 heteroatoms. The van der Waals surface area contributed by atoms with Gasteiger partial charge >= 0.3 is 5.69 Å². The summed E-state index contributed by atoms with van der Waals surface area (Å²) in [5.41, 5.74) is 1.43. The number of rotatable bonds is 12. The number of pyridine rings is 2. The quantitative estimate of drug-likeness (QED) is 0.104. The third-order valence-corrected chi connectivity index (χ3v) is 14.8. The van der Waals surface area contributed by atoms with E-state index in [1.165, 1.54) is 51.9 Å². The first-order valence-corrected chi connectivity index (χ1v) is 22.4. The number of sulfonamides is 1. The molecule has 0 atom stereocenters. The summed E-state index contributed by atoms with van der Waals surface area (Å²) in [6.45, 7) is 9.23. The van der Waals surface area contributed by atoms with Crippen molar-refractivity contribution in [2.45, 2.75) is 88.1 Å². The first-order chi connectivity index (χ1) is 28.0. The number of nitrogens with one attached hydrogen (secondary N) is 3. The second-order valence-corrected chi connectivity index (χ2v) is 19.1. The molecule has 1 amide bonds. The van der Waals surface area contributed by atoms with Gasteiger partial charge in [-0.3, -0.25) is 24.7 Å². The zero-order valence-corrected chi connectivity index (χ0v) is 33.9. The molecular weight excluding hydrogens is 759 g/mol. The van der Waals surface area contributed by atoms with Crippen LogP contribution in [0.2, 0.25) is 0 Å². The van der Waals surface area contributed by atoms with E-state index < -0.39 is 31.4 Å². The van der Waals surface area contributed by atoms with Crippen molar-refractivity contribution in [1.29, 1.82) is 0 Å². The van der Waals surface area contributed by atoms with Crippen LogP contribution in [0.25, 0.3) is 11.0 Å². The molecule has 3 N–H and O–H groups in total. The normalized spacial score (nSPS) is 23.1. The minimum Gasteiger partial charge on any atom is -0.455 e. The fourth-order valence-corrected chi connectivity index (χ4v) is 10.6. The summed E-state index contributed by atoms with van der Waals surface area (Å²) in [5.74, 6) is 0.620. The molecule has 2 aliphatic heterocycles. The fraction of sp³-hybridized carbons (Fsp3) is 0.548. The highest BCUT2D eigenvalue weighted by atomic mass is 32.2. The van der Waals surface area contributed by atoms with Gasteiger partial charge in [-0.2, -0.15) is 0 Å². The molecule has 2 saturated heterocycles. The Morgan fingerprint density at radius 2 is 1.66 bits per heavy atom.